The maximum atomic E-state index is 11.5. The Morgan fingerprint density at radius 3 is 3.00 bits per heavy atom. The Labute approximate surface area is 130 Å². The molecule has 1 unspecified atom stereocenters. The maximum absolute atomic E-state index is 11.5. The first-order valence-electron chi connectivity index (χ1n) is 7.97. The van der Waals surface area contributed by atoms with Gasteiger partial charge in [-0.25, -0.2) is 9.97 Å². The van der Waals surface area contributed by atoms with Gasteiger partial charge in [0.25, 0.3) is 0 Å². The molecular formula is C16H23N3O3. The van der Waals surface area contributed by atoms with Crippen LogP contribution in [0.2, 0.25) is 0 Å². The van der Waals surface area contributed by atoms with E-state index in [0.717, 1.165) is 31.0 Å². The van der Waals surface area contributed by atoms with E-state index in [-0.39, 0.29) is 12.1 Å². The highest BCUT2D eigenvalue weighted by Crippen LogP contribution is 2.29. The van der Waals surface area contributed by atoms with Gasteiger partial charge in [-0.05, 0) is 32.6 Å². The third kappa shape index (κ3) is 3.21. The SMILES string of the molecule is COC(=O)CC1CN(c2nc(C)nc3c2CCCC3)CCO1. The number of esters is 1. The average molecular weight is 305 g/mol. The number of hydrogen-bond acceptors (Lipinski definition) is 6. The van der Waals surface area contributed by atoms with Crippen molar-refractivity contribution >= 4 is 11.8 Å². The number of aromatic nitrogens is 2. The van der Waals surface area contributed by atoms with Crippen molar-refractivity contribution in [2.75, 3.05) is 31.7 Å². The molecule has 1 saturated heterocycles. The molecule has 0 spiro atoms. The number of rotatable bonds is 3. The molecule has 22 heavy (non-hydrogen) atoms. The van der Waals surface area contributed by atoms with Crippen molar-refractivity contribution in [2.24, 2.45) is 0 Å². The van der Waals surface area contributed by atoms with E-state index in [1.54, 1.807) is 0 Å². The number of anilines is 1. The minimum atomic E-state index is -0.229. The zero-order valence-corrected chi connectivity index (χ0v) is 13.3. The lowest BCUT2D eigenvalue weighted by Crippen LogP contribution is -2.44. The van der Waals surface area contributed by atoms with Gasteiger partial charge in [-0.15, -0.1) is 0 Å². The van der Waals surface area contributed by atoms with E-state index in [2.05, 4.69) is 14.9 Å². The fraction of sp³-hybridized carbons (Fsp3) is 0.688. The third-order valence-corrected chi connectivity index (χ3v) is 4.33. The predicted molar refractivity (Wildman–Crippen MR) is 82.0 cm³/mol. The molecule has 0 saturated carbocycles. The monoisotopic (exact) mass is 305 g/mol. The molecule has 0 aromatic carbocycles. The van der Waals surface area contributed by atoms with Gasteiger partial charge < -0.3 is 14.4 Å². The number of hydrogen-bond donors (Lipinski definition) is 0. The highest BCUT2D eigenvalue weighted by Gasteiger charge is 2.27. The van der Waals surface area contributed by atoms with Crippen LogP contribution in [0.3, 0.4) is 0 Å². The summed E-state index contributed by atoms with van der Waals surface area (Å²) in [5.74, 6) is 1.64. The molecule has 0 bridgehead atoms. The van der Waals surface area contributed by atoms with Gasteiger partial charge in [0.2, 0.25) is 0 Å². The predicted octanol–water partition coefficient (Wildman–Crippen LogP) is 1.43. The first-order valence-corrected chi connectivity index (χ1v) is 7.97. The van der Waals surface area contributed by atoms with E-state index in [4.69, 9.17) is 9.47 Å². The molecule has 3 rings (SSSR count). The summed E-state index contributed by atoms with van der Waals surface area (Å²) in [6.07, 6.45) is 4.65. The Bertz CT molecular complexity index is 562. The fourth-order valence-corrected chi connectivity index (χ4v) is 3.26. The van der Waals surface area contributed by atoms with Gasteiger partial charge in [-0.2, -0.15) is 0 Å². The molecule has 1 aromatic heterocycles. The lowest BCUT2D eigenvalue weighted by atomic mass is 9.96. The van der Waals surface area contributed by atoms with Crippen LogP contribution >= 0.6 is 0 Å². The van der Waals surface area contributed by atoms with Crippen LogP contribution in [0.15, 0.2) is 0 Å². The first-order chi connectivity index (χ1) is 10.7. The summed E-state index contributed by atoms with van der Waals surface area (Å²) in [5.41, 5.74) is 2.49. The fourth-order valence-electron chi connectivity index (χ4n) is 3.26. The van der Waals surface area contributed by atoms with Crippen LogP contribution in [0.4, 0.5) is 5.82 Å². The summed E-state index contributed by atoms with van der Waals surface area (Å²) in [4.78, 5) is 23.0. The Kier molecular flexibility index (Phi) is 4.57. The van der Waals surface area contributed by atoms with E-state index in [1.807, 2.05) is 6.92 Å². The van der Waals surface area contributed by atoms with Gasteiger partial charge in [-0.1, -0.05) is 0 Å². The summed E-state index contributed by atoms with van der Waals surface area (Å²) in [5, 5.41) is 0. The number of carbonyl (C=O) groups is 1. The van der Waals surface area contributed by atoms with Crippen molar-refractivity contribution in [2.45, 2.75) is 45.1 Å². The number of fused-ring (bicyclic) bond motifs is 1. The molecular weight excluding hydrogens is 282 g/mol. The molecule has 1 atom stereocenters. The molecule has 1 aliphatic carbocycles. The maximum Gasteiger partial charge on any atom is 0.308 e. The van der Waals surface area contributed by atoms with E-state index in [1.165, 1.54) is 31.2 Å². The van der Waals surface area contributed by atoms with E-state index < -0.39 is 0 Å². The lowest BCUT2D eigenvalue weighted by Gasteiger charge is -2.35. The van der Waals surface area contributed by atoms with Gasteiger partial charge in [0.15, 0.2) is 0 Å². The molecule has 1 aromatic rings. The first kappa shape index (κ1) is 15.2. The molecule has 2 aliphatic rings. The van der Waals surface area contributed by atoms with Crippen molar-refractivity contribution < 1.29 is 14.3 Å². The molecule has 2 heterocycles. The van der Waals surface area contributed by atoms with Crippen molar-refractivity contribution in [3.05, 3.63) is 17.1 Å². The zero-order chi connectivity index (χ0) is 15.5. The Hall–Kier alpha value is -1.69. The van der Waals surface area contributed by atoms with Crippen molar-refractivity contribution in [3.63, 3.8) is 0 Å². The Morgan fingerprint density at radius 1 is 1.36 bits per heavy atom. The summed E-state index contributed by atoms with van der Waals surface area (Å²) in [7, 11) is 1.41. The van der Waals surface area contributed by atoms with E-state index >= 15 is 0 Å². The van der Waals surface area contributed by atoms with Gasteiger partial charge >= 0.3 is 5.97 Å². The Balaban J connectivity index is 1.81. The molecule has 6 nitrogen and oxygen atoms in total. The summed E-state index contributed by atoms with van der Waals surface area (Å²) < 4.78 is 10.4. The van der Waals surface area contributed by atoms with E-state index in [9.17, 15) is 4.79 Å². The standard InChI is InChI=1S/C16H23N3O3/c1-11-17-14-6-4-3-5-13(14)16(18-11)19-7-8-22-12(10-19)9-15(20)21-2/h12H,3-10H2,1-2H3. The van der Waals surface area contributed by atoms with Gasteiger partial charge in [-0.3, -0.25) is 4.79 Å². The second-order valence-electron chi connectivity index (χ2n) is 5.95. The zero-order valence-electron chi connectivity index (χ0n) is 13.3. The van der Waals surface area contributed by atoms with Crippen LogP contribution in [-0.2, 0) is 27.1 Å². The summed E-state index contributed by atoms with van der Waals surface area (Å²) in [6, 6.07) is 0. The molecule has 6 heteroatoms. The molecule has 0 amide bonds. The van der Waals surface area contributed by atoms with Gasteiger partial charge in [0.05, 0.1) is 26.2 Å². The minimum Gasteiger partial charge on any atom is -0.469 e. The number of methoxy groups -OCH3 is 1. The number of carbonyl (C=O) groups excluding carboxylic acids is 1. The summed E-state index contributed by atoms with van der Waals surface area (Å²) >= 11 is 0. The normalized spacial score (nSPS) is 21.4. The number of aryl methyl sites for hydroxylation is 2. The van der Waals surface area contributed by atoms with Crippen molar-refractivity contribution in [3.8, 4) is 0 Å². The van der Waals surface area contributed by atoms with Crippen LogP contribution in [0.25, 0.3) is 0 Å². The largest absolute Gasteiger partial charge is 0.469 e. The third-order valence-electron chi connectivity index (χ3n) is 4.33. The Morgan fingerprint density at radius 2 is 2.18 bits per heavy atom. The minimum absolute atomic E-state index is 0.129. The highest BCUT2D eigenvalue weighted by atomic mass is 16.5. The van der Waals surface area contributed by atoms with Gasteiger partial charge in [0.1, 0.15) is 11.6 Å². The second kappa shape index (κ2) is 6.60. The molecule has 0 radical (unpaired) electrons. The second-order valence-corrected chi connectivity index (χ2v) is 5.95. The van der Waals surface area contributed by atoms with Crippen LogP contribution in [0.1, 0.15) is 36.3 Å². The van der Waals surface area contributed by atoms with Crippen LogP contribution in [0.5, 0.6) is 0 Å². The average Bonchev–Trinajstić information content (AvgIpc) is 2.54. The summed E-state index contributed by atoms with van der Waals surface area (Å²) in [6.45, 7) is 4.04. The number of morpholine rings is 1. The smallest absolute Gasteiger partial charge is 0.308 e. The van der Waals surface area contributed by atoms with Crippen LogP contribution in [0, 0.1) is 6.92 Å². The van der Waals surface area contributed by atoms with Crippen LogP contribution < -0.4 is 4.90 Å². The lowest BCUT2D eigenvalue weighted by molar-refractivity contribution is -0.144. The quantitative estimate of drug-likeness (QED) is 0.787. The molecule has 1 fully saturated rings. The van der Waals surface area contributed by atoms with Crippen LogP contribution in [-0.4, -0.2) is 48.8 Å². The van der Waals surface area contributed by atoms with E-state index in [0.29, 0.717) is 19.6 Å². The highest BCUT2D eigenvalue weighted by molar-refractivity contribution is 5.70. The number of ether oxygens (including phenoxy) is 2. The molecule has 120 valence electrons. The molecule has 0 N–H and O–H groups in total. The van der Waals surface area contributed by atoms with Gasteiger partial charge in [0, 0.05) is 24.3 Å². The van der Waals surface area contributed by atoms with Crippen molar-refractivity contribution in [1.29, 1.82) is 0 Å². The van der Waals surface area contributed by atoms with Crippen molar-refractivity contribution in [1.82, 2.24) is 9.97 Å². The molecule has 1 aliphatic heterocycles. The number of nitrogens with zero attached hydrogens (tertiary/aromatic N) is 3. The topological polar surface area (TPSA) is 64.5 Å².